The van der Waals surface area contributed by atoms with Gasteiger partial charge < -0.3 is 10.2 Å². The number of carbonyl (C=O) groups excluding carboxylic acids is 1. The molecule has 0 saturated carbocycles. The van der Waals surface area contributed by atoms with Gasteiger partial charge in [-0.3, -0.25) is 4.79 Å². The third kappa shape index (κ3) is 4.33. The Morgan fingerprint density at radius 3 is 2.62 bits per heavy atom. The number of carbonyl (C=O) groups is 1. The minimum absolute atomic E-state index is 0.0229. The minimum Gasteiger partial charge on any atom is -0.362 e. The largest absolute Gasteiger partial charge is 0.362 e. The zero-order valence-electron chi connectivity index (χ0n) is 12.3. The molecule has 0 saturated heterocycles. The van der Waals surface area contributed by atoms with Crippen molar-refractivity contribution < 1.29 is 4.79 Å². The van der Waals surface area contributed by atoms with Gasteiger partial charge in [0, 0.05) is 16.7 Å². The number of nitrogens with one attached hydrogen (secondary N) is 1. The highest BCUT2D eigenvalue weighted by Gasteiger charge is 2.11. The maximum atomic E-state index is 12.2. The van der Waals surface area contributed by atoms with E-state index in [9.17, 15) is 4.79 Å². The standard InChI is InChI=1S/C17H19BrN2O/c1-3-20(14-8-6-7-13(2)11-14)12-17(21)19-16-10-5-4-9-15(16)18/h4-11H,3,12H2,1-2H3,(H,19,21). The SMILES string of the molecule is CCN(CC(=O)Nc1ccccc1Br)c1cccc(C)c1. The molecular weight excluding hydrogens is 328 g/mol. The van der Waals surface area contributed by atoms with Crippen molar-refractivity contribution in [2.24, 2.45) is 0 Å². The zero-order valence-corrected chi connectivity index (χ0v) is 13.9. The van der Waals surface area contributed by atoms with Gasteiger partial charge in [-0.15, -0.1) is 0 Å². The van der Waals surface area contributed by atoms with Crippen LogP contribution in [-0.2, 0) is 4.79 Å². The predicted molar refractivity (Wildman–Crippen MR) is 91.8 cm³/mol. The Balaban J connectivity index is 2.05. The molecule has 0 atom stereocenters. The van der Waals surface area contributed by atoms with E-state index in [1.54, 1.807) is 0 Å². The Kier molecular flexibility index (Phi) is 5.39. The summed E-state index contributed by atoms with van der Waals surface area (Å²) < 4.78 is 0.886. The van der Waals surface area contributed by atoms with Crippen LogP contribution in [0, 0.1) is 6.92 Å². The van der Waals surface area contributed by atoms with Crippen molar-refractivity contribution in [3.8, 4) is 0 Å². The summed E-state index contributed by atoms with van der Waals surface area (Å²) in [6, 6.07) is 15.8. The normalized spacial score (nSPS) is 10.2. The molecule has 0 aliphatic carbocycles. The molecule has 0 aliphatic rings. The first-order valence-corrected chi connectivity index (χ1v) is 7.75. The third-order valence-electron chi connectivity index (χ3n) is 3.23. The highest BCUT2D eigenvalue weighted by molar-refractivity contribution is 9.10. The van der Waals surface area contributed by atoms with Gasteiger partial charge in [0.15, 0.2) is 0 Å². The fraction of sp³-hybridized carbons (Fsp3) is 0.235. The van der Waals surface area contributed by atoms with E-state index in [-0.39, 0.29) is 5.91 Å². The summed E-state index contributed by atoms with van der Waals surface area (Å²) in [6.07, 6.45) is 0. The summed E-state index contributed by atoms with van der Waals surface area (Å²) in [5.41, 5.74) is 3.06. The summed E-state index contributed by atoms with van der Waals surface area (Å²) in [4.78, 5) is 14.3. The lowest BCUT2D eigenvalue weighted by molar-refractivity contribution is -0.115. The molecule has 0 unspecified atom stereocenters. The summed E-state index contributed by atoms with van der Waals surface area (Å²) in [7, 11) is 0. The number of anilines is 2. The molecule has 0 radical (unpaired) electrons. The number of hydrogen-bond donors (Lipinski definition) is 1. The predicted octanol–water partition coefficient (Wildman–Crippen LogP) is 4.22. The number of para-hydroxylation sites is 1. The molecule has 2 aromatic carbocycles. The van der Waals surface area contributed by atoms with Gasteiger partial charge in [0.1, 0.15) is 0 Å². The van der Waals surface area contributed by atoms with Crippen LogP contribution in [0.25, 0.3) is 0 Å². The first kappa shape index (κ1) is 15.6. The number of hydrogen-bond acceptors (Lipinski definition) is 2. The fourth-order valence-electron chi connectivity index (χ4n) is 2.14. The van der Waals surface area contributed by atoms with E-state index in [2.05, 4.69) is 45.2 Å². The van der Waals surface area contributed by atoms with Gasteiger partial charge in [0.25, 0.3) is 0 Å². The topological polar surface area (TPSA) is 32.3 Å². The summed E-state index contributed by atoms with van der Waals surface area (Å²) in [5.74, 6) is -0.0229. The lowest BCUT2D eigenvalue weighted by Crippen LogP contribution is -2.33. The van der Waals surface area contributed by atoms with Crippen molar-refractivity contribution in [1.82, 2.24) is 0 Å². The van der Waals surface area contributed by atoms with Gasteiger partial charge in [0.05, 0.1) is 12.2 Å². The Hall–Kier alpha value is -1.81. The van der Waals surface area contributed by atoms with Crippen LogP contribution in [0.5, 0.6) is 0 Å². The van der Waals surface area contributed by atoms with Crippen molar-refractivity contribution >= 4 is 33.2 Å². The van der Waals surface area contributed by atoms with Crippen molar-refractivity contribution in [2.75, 3.05) is 23.3 Å². The number of rotatable bonds is 5. The number of likely N-dealkylation sites (N-methyl/N-ethyl adjacent to an activating group) is 1. The molecular formula is C17H19BrN2O. The highest BCUT2D eigenvalue weighted by atomic mass is 79.9. The van der Waals surface area contributed by atoms with E-state index in [1.165, 1.54) is 5.56 Å². The first-order chi connectivity index (χ1) is 10.1. The molecule has 1 amide bonds. The second kappa shape index (κ2) is 7.27. The van der Waals surface area contributed by atoms with Gasteiger partial charge in [-0.1, -0.05) is 24.3 Å². The van der Waals surface area contributed by atoms with Gasteiger partial charge in [-0.25, -0.2) is 0 Å². The molecule has 0 spiro atoms. The van der Waals surface area contributed by atoms with Crippen LogP contribution < -0.4 is 10.2 Å². The Bertz CT molecular complexity index is 628. The Morgan fingerprint density at radius 2 is 1.95 bits per heavy atom. The minimum atomic E-state index is -0.0229. The Labute approximate surface area is 134 Å². The van der Waals surface area contributed by atoms with Crippen LogP contribution in [0.4, 0.5) is 11.4 Å². The van der Waals surface area contributed by atoms with E-state index >= 15 is 0 Å². The molecule has 1 N–H and O–H groups in total. The summed E-state index contributed by atoms with van der Waals surface area (Å²) in [6.45, 7) is 5.22. The molecule has 110 valence electrons. The second-order valence-electron chi connectivity index (χ2n) is 4.88. The highest BCUT2D eigenvalue weighted by Crippen LogP contribution is 2.21. The Morgan fingerprint density at radius 1 is 1.19 bits per heavy atom. The average Bonchev–Trinajstić information content (AvgIpc) is 2.47. The summed E-state index contributed by atoms with van der Waals surface area (Å²) >= 11 is 3.43. The quantitative estimate of drug-likeness (QED) is 0.878. The zero-order chi connectivity index (χ0) is 15.2. The van der Waals surface area contributed by atoms with Crippen LogP contribution in [0.15, 0.2) is 53.0 Å². The van der Waals surface area contributed by atoms with Gasteiger partial charge in [0.2, 0.25) is 5.91 Å². The first-order valence-electron chi connectivity index (χ1n) is 6.96. The third-order valence-corrected chi connectivity index (χ3v) is 3.92. The molecule has 0 fully saturated rings. The van der Waals surface area contributed by atoms with Gasteiger partial charge in [-0.05, 0) is 59.6 Å². The number of aryl methyl sites for hydroxylation is 1. The average molecular weight is 347 g/mol. The number of nitrogens with zero attached hydrogens (tertiary/aromatic N) is 1. The molecule has 2 aromatic rings. The molecule has 2 rings (SSSR count). The van der Waals surface area contributed by atoms with Gasteiger partial charge >= 0.3 is 0 Å². The smallest absolute Gasteiger partial charge is 0.243 e. The van der Waals surface area contributed by atoms with Crippen LogP contribution in [0.1, 0.15) is 12.5 Å². The molecule has 0 aliphatic heterocycles. The van der Waals surface area contributed by atoms with Crippen LogP contribution >= 0.6 is 15.9 Å². The van der Waals surface area contributed by atoms with Crippen molar-refractivity contribution in [2.45, 2.75) is 13.8 Å². The van der Waals surface area contributed by atoms with Crippen molar-refractivity contribution in [3.05, 3.63) is 58.6 Å². The van der Waals surface area contributed by atoms with Crippen LogP contribution in [-0.4, -0.2) is 19.0 Å². The second-order valence-corrected chi connectivity index (χ2v) is 5.74. The number of benzene rings is 2. The van der Waals surface area contributed by atoms with Crippen LogP contribution in [0.2, 0.25) is 0 Å². The van der Waals surface area contributed by atoms with E-state index < -0.39 is 0 Å². The van der Waals surface area contributed by atoms with E-state index in [0.29, 0.717) is 6.54 Å². The van der Waals surface area contributed by atoms with E-state index in [4.69, 9.17) is 0 Å². The molecule has 3 nitrogen and oxygen atoms in total. The lowest BCUT2D eigenvalue weighted by atomic mass is 10.2. The maximum Gasteiger partial charge on any atom is 0.243 e. The van der Waals surface area contributed by atoms with Crippen molar-refractivity contribution in [1.29, 1.82) is 0 Å². The van der Waals surface area contributed by atoms with E-state index in [0.717, 1.165) is 22.4 Å². The molecule has 21 heavy (non-hydrogen) atoms. The summed E-state index contributed by atoms with van der Waals surface area (Å²) in [5, 5.41) is 2.93. The molecule has 0 heterocycles. The molecule has 0 bridgehead atoms. The lowest BCUT2D eigenvalue weighted by Gasteiger charge is -2.23. The van der Waals surface area contributed by atoms with Crippen molar-refractivity contribution in [3.63, 3.8) is 0 Å². The monoisotopic (exact) mass is 346 g/mol. The van der Waals surface area contributed by atoms with Gasteiger partial charge in [-0.2, -0.15) is 0 Å². The number of halogens is 1. The van der Waals surface area contributed by atoms with E-state index in [1.807, 2.05) is 43.3 Å². The maximum absolute atomic E-state index is 12.2. The van der Waals surface area contributed by atoms with Crippen LogP contribution in [0.3, 0.4) is 0 Å². The molecule has 4 heteroatoms. The number of amides is 1. The fourth-order valence-corrected chi connectivity index (χ4v) is 2.52. The molecule has 0 aromatic heterocycles.